The lowest BCUT2D eigenvalue weighted by atomic mass is 10.5. The van der Waals surface area contributed by atoms with Crippen LogP contribution in [0.5, 0.6) is 0 Å². The molecule has 72 valence electrons. The third kappa shape index (κ3) is 1.84. The Kier molecular flexibility index (Phi) is 2.94. The van der Waals surface area contributed by atoms with Crippen molar-refractivity contribution in [2.45, 2.75) is 5.16 Å². The number of nitrogens with zero attached hydrogens (tertiary/aromatic N) is 2. The maximum Gasteiger partial charge on any atom is 0.356 e. The van der Waals surface area contributed by atoms with E-state index in [-0.39, 0.29) is 0 Å². The van der Waals surface area contributed by atoms with Gasteiger partial charge in [-0.25, -0.2) is 4.79 Å². The van der Waals surface area contributed by atoms with Crippen molar-refractivity contribution in [3.05, 3.63) is 11.9 Å². The molecule has 1 heterocycles. The zero-order valence-corrected chi connectivity index (χ0v) is 8.42. The first-order valence-electron chi connectivity index (χ1n) is 3.51. The molecule has 1 unspecified atom stereocenters. The summed E-state index contributed by atoms with van der Waals surface area (Å²) in [6.07, 6.45) is 2.85. The van der Waals surface area contributed by atoms with Gasteiger partial charge in [-0.15, -0.1) is 0 Å². The zero-order valence-electron chi connectivity index (χ0n) is 7.60. The maximum absolute atomic E-state index is 11.1. The van der Waals surface area contributed by atoms with Crippen molar-refractivity contribution in [1.82, 2.24) is 9.55 Å². The fraction of sp³-hybridized carbons (Fsp3) is 0.429. The van der Waals surface area contributed by atoms with Crippen molar-refractivity contribution in [1.29, 1.82) is 0 Å². The molecule has 1 atom stereocenters. The average Bonchev–Trinajstić information content (AvgIpc) is 2.46. The Morgan fingerprint density at radius 2 is 2.38 bits per heavy atom. The van der Waals surface area contributed by atoms with Gasteiger partial charge in [-0.1, -0.05) is 0 Å². The van der Waals surface area contributed by atoms with Gasteiger partial charge in [0.1, 0.15) is 6.26 Å². The van der Waals surface area contributed by atoms with E-state index in [0.29, 0.717) is 10.9 Å². The van der Waals surface area contributed by atoms with Gasteiger partial charge in [0.05, 0.1) is 13.3 Å². The molecule has 1 aromatic heterocycles. The molecule has 0 spiro atoms. The average molecular weight is 202 g/mol. The molecule has 6 heteroatoms. The number of hydrogen-bond donors (Lipinski definition) is 0. The predicted molar refractivity (Wildman–Crippen MR) is 46.9 cm³/mol. The normalized spacial score (nSPS) is 12.6. The summed E-state index contributed by atoms with van der Waals surface area (Å²) in [6.45, 7) is 0. The Morgan fingerprint density at radius 3 is 2.77 bits per heavy atom. The predicted octanol–water partition coefficient (Wildman–Crippen LogP) is -0.0559. The van der Waals surface area contributed by atoms with E-state index in [2.05, 4.69) is 9.72 Å². The van der Waals surface area contributed by atoms with Crippen molar-refractivity contribution < 1.29 is 14.1 Å². The molecule has 0 saturated carbocycles. The number of hydrogen-bond acceptors (Lipinski definition) is 4. The van der Waals surface area contributed by atoms with Crippen LogP contribution in [0.25, 0.3) is 0 Å². The molecule has 1 aromatic rings. The molecular weight excluding hydrogens is 192 g/mol. The first kappa shape index (κ1) is 10.1. The van der Waals surface area contributed by atoms with Gasteiger partial charge in [0.25, 0.3) is 0 Å². The summed E-state index contributed by atoms with van der Waals surface area (Å²) in [7, 11) is 2.91. The van der Waals surface area contributed by atoms with Crippen LogP contribution in [0.15, 0.2) is 11.4 Å². The molecule has 0 N–H and O–H groups in total. The summed E-state index contributed by atoms with van der Waals surface area (Å²) in [5.41, 5.74) is 0.299. The molecule has 0 fully saturated rings. The Bertz CT molecular complexity index is 322. The molecule has 0 bridgehead atoms. The SMILES string of the molecule is COC(=O)c1cnc([S+](C)[O-])n1C. The van der Waals surface area contributed by atoms with Crippen molar-refractivity contribution in [3.63, 3.8) is 0 Å². The van der Waals surface area contributed by atoms with E-state index >= 15 is 0 Å². The van der Waals surface area contributed by atoms with E-state index in [1.807, 2.05) is 0 Å². The Hall–Kier alpha value is -1.01. The molecule has 0 amide bonds. The number of rotatable bonds is 2. The number of esters is 1. The van der Waals surface area contributed by atoms with Crippen LogP contribution in [0.1, 0.15) is 10.5 Å². The summed E-state index contributed by atoms with van der Waals surface area (Å²) >= 11 is -1.19. The minimum Gasteiger partial charge on any atom is -0.609 e. The molecule has 13 heavy (non-hydrogen) atoms. The van der Waals surface area contributed by atoms with Crippen LogP contribution in [0.3, 0.4) is 0 Å². The molecule has 5 nitrogen and oxygen atoms in total. The van der Waals surface area contributed by atoms with Gasteiger partial charge in [0, 0.05) is 18.2 Å². The smallest absolute Gasteiger partial charge is 0.356 e. The zero-order chi connectivity index (χ0) is 10.0. The number of methoxy groups -OCH3 is 1. The first-order chi connectivity index (χ1) is 6.07. The summed E-state index contributed by atoms with van der Waals surface area (Å²) in [4.78, 5) is 14.9. The van der Waals surface area contributed by atoms with E-state index in [4.69, 9.17) is 0 Å². The van der Waals surface area contributed by atoms with Crippen LogP contribution in [0.2, 0.25) is 0 Å². The molecule has 0 saturated heterocycles. The highest BCUT2D eigenvalue weighted by atomic mass is 32.2. The second-order valence-corrected chi connectivity index (χ2v) is 3.70. The van der Waals surface area contributed by atoms with Crippen LogP contribution < -0.4 is 0 Å². The molecule has 0 aliphatic rings. The highest BCUT2D eigenvalue weighted by Gasteiger charge is 2.19. The van der Waals surface area contributed by atoms with E-state index in [1.54, 1.807) is 7.05 Å². The first-order valence-corrected chi connectivity index (χ1v) is 5.07. The topological polar surface area (TPSA) is 67.2 Å². The van der Waals surface area contributed by atoms with Gasteiger partial charge >= 0.3 is 11.1 Å². The van der Waals surface area contributed by atoms with E-state index in [9.17, 15) is 9.35 Å². The van der Waals surface area contributed by atoms with Crippen molar-refractivity contribution in [2.75, 3.05) is 13.4 Å². The molecule has 0 aliphatic carbocycles. The van der Waals surface area contributed by atoms with Crippen LogP contribution >= 0.6 is 0 Å². The fourth-order valence-electron chi connectivity index (χ4n) is 0.954. The van der Waals surface area contributed by atoms with Crippen LogP contribution in [-0.4, -0.2) is 33.4 Å². The quantitative estimate of drug-likeness (QED) is 0.498. The van der Waals surface area contributed by atoms with Crippen molar-refractivity contribution in [3.8, 4) is 0 Å². The Morgan fingerprint density at radius 1 is 1.77 bits per heavy atom. The maximum atomic E-state index is 11.1. The minimum absolute atomic E-state index is 0.299. The lowest BCUT2D eigenvalue weighted by Gasteiger charge is -2.04. The van der Waals surface area contributed by atoms with Gasteiger partial charge in [0.15, 0.2) is 5.69 Å². The standard InChI is InChI=1S/C7H10N2O3S/c1-9-5(6(10)12-2)4-8-7(9)13(3)11/h4H,1-3H3. The highest BCUT2D eigenvalue weighted by molar-refractivity contribution is 7.90. The molecule has 0 aromatic carbocycles. The number of carbonyl (C=O) groups excluding carboxylic acids is 1. The van der Waals surface area contributed by atoms with Gasteiger partial charge < -0.3 is 9.29 Å². The Labute approximate surface area is 78.9 Å². The van der Waals surface area contributed by atoms with Gasteiger partial charge in [-0.05, 0) is 0 Å². The second kappa shape index (κ2) is 3.80. The largest absolute Gasteiger partial charge is 0.609 e. The van der Waals surface area contributed by atoms with Crippen LogP contribution in [0.4, 0.5) is 0 Å². The monoisotopic (exact) mass is 202 g/mol. The number of ether oxygens (including phenoxy) is 1. The molecule has 0 radical (unpaired) electrons. The van der Waals surface area contributed by atoms with E-state index in [0.717, 1.165) is 0 Å². The fourth-order valence-corrected chi connectivity index (χ4v) is 1.64. The van der Waals surface area contributed by atoms with Crippen molar-refractivity contribution >= 4 is 17.1 Å². The summed E-state index contributed by atoms with van der Waals surface area (Å²) < 4.78 is 17.0. The minimum atomic E-state index is -1.19. The van der Waals surface area contributed by atoms with E-state index in [1.165, 1.54) is 24.1 Å². The van der Waals surface area contributed by atoms with Crippen molar-refractivity contribution in [2.24, 2.45) is 7.05 Å². The second-order valence-electron chi connectivity index (χ2n) is 2.43. The summed E-state index contributed by atoms with van der Waals surface area (Å²) in [5, 5.41) is 0.361. The van der Waals surface area contributed by atoms with E-state index < -0.39 is 17.1 Å². The molecular formula is C7H10N2O3S. The highest BCUT2D eigenvalue weighted by Crippen LogP contribution is 2.09. The van der Waals surface area contributed by atoms with Gasteiger partial charge in [0.2, 0.25) is 0 Å². The van der Waals surface area contributed by atoms with Crippen LogP contribution in [0, 0.1) is 0 Å². The van der Waals surface area contributed by atoms with Crippen LogP contribution in [-0.2, 0) is 23.0 Å². The lowest BCUT2D eigenvalue weighted by Crippen LogP contribution is -2.12. The number of carbonyl (C=O) groups is 1. The van der Waals surface area contributed by atoms with Gasteiger partial charge in [-0.2, -0.15) is 4.98 Å². The molecule has 0 aliphatic heterocycles. The summed E-state index contributed by atoms with van der Waals surface area (Å²) in [6, 6.07) is 0. The van der Waals surface area contributed by atoms with Gasteiger partial charge in [-0.3, -0.25) is 4.57 Å². The number of aromatic nitrogens is 2. The molecule has 1 rings (SSSR count). The third-order valence-corrected chi connectivity index (χ3v) is 2.49. The summed E-state index contributed by atoms with van der Waals surface area (Å²) in [5.74, 6) is -0.480. The third-order valence-electron chi connectivity index (χ3n) is 1.60. The lowest BCUT2D eigenvalue weighted by molar-refractivity contribution is 0.0589. The number of imidazole rings is 1. The Balaban J connectivity index is 3.06.